The molecule has 7 heteroatoms. The molecule has 0 aliphatic carbocycles. The molecule has 0 aliphatic rings. The highest BCUT2D eigenvalue weighted by Gasteiger charge is 2.14. The lowest BCUT2D eigenvalue weighted by molar-refractivity contribution is -0.113. The summed E-state index contributed by atoms with van der Waals surface area (Å²) in [5.74, 6) is 6.69. The first kappa shape index (κ1) is 17.3. The van der Waals surface area contributed by atoms with E-state index in [1.807, 2.05) is 31.2 Å². The number of thioether (sulfide) groups is 1. The van der Waals surface area contributed by atoms with Crippen LogP contribution in [0.4, 0.5) is 5.69 Å². The molecule has 0 saturated carbocycles. The highest BCUT2D eigenvalue weighted by molar-refractivity contribution is 7.99. The van der Waals surface area contributed by atoms with Crippen LogP contribution in [0.1, 0.15) is 39.1 Å². The van der Waals surface area contributed by atoms with E-state index >= 15 is 0 Å². The van der Waals surface area contributed by atoms with Crippen molar-refractivity contribution in [3.05, 3.63) is 35.7 Å². The second-order valence-corrected chi connectivity index (χ2v) is 7.23. The van der Waals surface area contributed by atoms with E-state index in [-0.39, 0.29) is 17.1 Å². The zero-order valence-corrected chi connectivity index (χ0v) is 14.8. The molecule has 1 heterocycles. The Balaban J connectivity index is 1.91. The minimum atomic E-state index is -0.0976. The molecule has 3 N–H and O–H groups in total. The third kappa shape index (κ3) is 4.48. The van der Waals surface area contributed by atoms with Crippen LogP contribution in [0.5, 0.6) is 0 Å². The van der Waals surface area contributed by atoms with Gasteiger partial charge in [0.15, 0.2) is 5.82 Å². The van der Waals surface area contributed by atoms with Crippen LogP contribution < -0.4 is 11.2 Å². The Morgan fingerprint density at radius 2 is 1.91 bits per heavy atom. The summed E-state index contributed by atoms with van der Waals surface area (Å²) < 4.78 is 1.43. The highest BCUT2D eigenvalue weighted by atomic mass is 32.2. The van der Waals surface area contributed by atoms with E-state index in [0.717, 1.165) is 5.69 Å². The molecule has 1 aromatic heterocycles. The summed E-state index contributed by atoms with van der Waals surface area (Å²) in [4.78, 5) is 12.0. The van der Waals surface area contributed by atoms with Crippen molar-refractivity contribution in [3.63, 3.8) is 0 Å². The average Bonchev–Trinajstić information content (AvgIpc) is 2.85. The number of carbonyl (C=O) groups excluding carboxylic acids is 1. The van der Waals surface area contributed by atoms with E-state index in [2.05, 4.69) is 36.3 Å². The largest absolute Gasteiger partial charge is 0.336 e. The zero-order valence-electron chi connectivity index (χ0n) is 14.0. The average molecular weight is 333 g/mol. The van der Waals surface area contributed by atoms with Crippen LogP contribution in [0.25, 0.3) is 0 Å². The van der Waals surface area contributed by atoms with Gasteiger partial charge in [-0.3, -0.25) is 4.79 Å². The lowest BCUT2D eigenvalue weighted by Gasteiger charge is -2.19. The van der Waals surface area contributed by atoms with Crippen molar-refractivity contribution in [2.24, 2.45) is 0 Å². The van der Waals surface area contributed by atoms with Gasteiger partial charge < -0.3 is 11.2 Å². The number of anilines is 1. The minimum absolute atomic E-state index is 0.0976. The molecule has 0 radical (unpaired) electrons. The van der Waals surface area contributed by atoms with Crippen molar-refractivity contribution in [2.45, 2.75) is 44.7 Å². The van der Waals surface area contributed by atoms with Crippen molar-refractivity contribution in [1.82, 2.24) is 14.9 Å². The summed E-state index contributed by atoms with van der Waals surface area (Å²) in [7, 11) is 0. The number of aryl methyl sites for hydroxylation is 1. The Kier molecular flexibility index (Phi) is 5.30. The Bertz CT molecular complexity index is 673. The number of aromatic nitrogens is 3. The zero-order chi connectivity index (χ0) is 17.0. The van der Waals surface area contributed by atoms with Crippen LogP contribution in [0, 0.1) is 0 Å². The SMILES string of the molecule is CCc1nnc(SCC(=O)Nc2ccc(C(C)(C)C)cc2)n1N. The van der Waals surface area contributed by atoms with Gasteiger partial charge in [0.2, 0.25) is 11.1 Å². The summed E-state index contributed by atoms with van der Waals surface area (Å²) in [6.07, 6.45) is 0.705. The maximum atomic E-state index is 12.0. The van der Waals surface area contributed by atoms with Crippen LogP contribution >= 0.6 is 11.8 Å². The Morgan fingerprint density at radius 3 is 2.43 bits per heavy atom. The van der Waals surface area contributed by atoms with Gasteiger partial charge in [-0.2, -0.15) is 0 Å². The molecule has 2 aromatic rings. The van der Waals surface area contributed by atoms with Crippen LogP contribution in [-0.2, 0) is 16.6 Å². The summed E-state index contributed by atoms with van der Waals surface area (Å²) in [6, 6.07) is 7.91. The van der Waals surface area contributed by atoms with Crippen LogP contribution in [0.2, 0.25) is 0 Å². The first-order valence-corrected chi connectivity index (χ1v) is 8.52. The number of nitrogen functional groups attached to an aromatic ring is 1. The molecular formula is C16H23N5OS. The van der Waals surface area contributed by atoms with Gasteiger partial charge in [-0.05, 0) is 23.1 Å². The lowest BCUT2D eigenvalue weighted by atomic mass is 9.87. The van der Waals surface area contributed by atoms with E-state index in [9.17, 15) is 4.79 Å². The van der Waals surface area contributed by atoms with Crippen molar-refractivity contribution >= 4 is 23.4 Å². The third-order valence-electron chi connectivity index (χ3n) is 3.42. The number of rotatable bonds is 5. The Hall–Kier alpha value is -2.02. The minimum Gasteiger partial charge on any atom is -0.336 e. The molecule has 0 saturated heterocycles. The number of hydrogen-bond donors (Lipinski definition) is 2. The van der Waals surface area contributed by atoms with Gasteiger partial charge in [0.25, 0.3) is 0 Å². The van der Waals surface area contributed by atoms with Gasteiger partial charge in [-0.1, -0.05) is 51.6 Å². The van der Waals surface area contributed by atoms with Crippen LogP contribution in [0.15, 0.2) is 29.4 Å². The fourth-order valence-corrected chi connectivity index (χ4v) is 2.70. The summed E-state index contributed by atoms with van der Waals surface area (Å²) in [5.41, 5.74) is 2.11. The van der Waals surface area contributed by atoms with E-state index in [1.165, 1.54) is 22.0 Å². The van der Waals surface area contributed by atoms with Gasteiger partial charge in [0.1, 0.15) is 0 Å². The van der Waals surface area contributed by atoms with Gasteiger partial charge in [0, 0.05) is 12.1 Å². The van der Waals surface area contributed by atoms with E-state index in [0.29, 0.717) is 17.4 Å². The molecule has 6 nitrogen and oxygen atoms in total. The Labute approximate surface area is 140 Å². The predicted molar refractivity (Wildman–Crippen MR) is 94.0 cm³/mol. The predicted octanol–water partition coefficient (Wildman–Crippen LogP) is 2.58. The Morgan fingerprint density at radius 1 is 1.26 bits per heavy atom. The second-order valence-electron chi connectivity index (χ2n) is 6.29. The molecule has 0 atom stereocenters. The highest BCUT2D eigenvalue weighted by Crippen LogP contribution is 2.23. The summed E-state index contributed by atoms with van der Waals surface area (Å²) in [5, 5.41) is 11.4. The van der Waals surface area contributed by atoms with Gasteiger partial charge >= 0.3 is 0 Å². The maximum absolute atomic E-state index is 12.0. The number of nitrogens with two attached hydrogens (primary N) is 1. The first-order valence-electron chi connectivity index (χ1n) is 7.54. The molecular weight excluding hydrogens is 310 g/mol. The number of benzene rings is 1. The topological polar surface area (TPSA) is 85.8 Å². The van der Waals surface area contributed by atoms with Crippen molar-refractivity contribution in [1.29, 1.82) is 0 Å². The maximum Gasteiger partial charge on any atom is 0.234 e. The molecule has 0 bridgehead atoms. The lowest BCUT2D eigenvalue weighted by Crippen LogP contribution is -2.17. The van der Waals surface area contributed by atoms with Crippen molar-refractivity contribution in [3.8, 4) is 0 Å². The number of nitrogens with zero attached hydrogens (tertiary/aromatic N) is 3. The van der Waals surface area contributed by atoms with Crippen LogP contribution in [-0.4, -0.2) is 26.5 Å². The molecule has 0 spiro atoms. The molecule has 0 unspecified atom stereocenters. The molecule has 23 heavy (non-hydrogen) atoms. The molecule has 124 valence electrons. The number of carbonyl (C=O) groups is 1. The third-order valence-corrected chi connectivity index (χ3v) is 4.36. The van der Waals surface area contributed by atoms with Crippen LogP contribution in [0.3, 0.4) is 0 Å². The second kappa shape index (κ2) is 7.04. The van der Waals surface area contributed by atoms with Crippen molar-refractivity contribution in [2.75, 3.05) is 16.9 Å². The quantitative estimate of drug-likeness (QED) is 0.649. The molecule has 2 rings (SSSR count). The number of hydrogen-bond acceptors (Lipinski definition) is 5. The molecule has 0 aliphatic heterocycles. The standard InChI is InChI=1S/C16H23N5OS/c1-5-13-19-20-15(21(13)17)23-10-14(22)18-12-8-6-11(7-9-12)16(2,3)4/h6-9H,5,10,17H2,1-4H3,(H,18,22). The summed E-state index contributed by atoms with van der Waals surface area (Å²) >= 11 is 1.27. The monoisotopic (exact) mass is 333 g/mol. The normalized spacial score (nSPS) is 11.5. The summed E-state index contributed by atoms with van der Waals surface area (Å²) in [6.45, 7) is 8.43. The van der Waals surface area contributed by atoms with Crippen molar-refractivity contribution < 1.29 is 4.79 Å². The molecule has 1 amide bonds. The first-order chi connectivity index (χ1) is 10.8. The van der Waals surface area contributed by atoms with Gasteiger partial charge in [-0.25, -0.2) is 4.68 Å². The fraction of sp³-hybridized carbons (Fsp3) is 0.438. The number of nitrogens with one attached hydrogen (secondary N) is 1. The van der Waals surface area contributed by atoms with E-state index in [4.69, 9.17) is 5.84 Å². The van der Waals surface area contributed by atoms with Gasteiger partial charge in [-0.15, -0.1) is 10.2 Å². The number of amides is 1. The van der Waals surface area contributed by atoms with E-state index < -0.39 is 0 Å². The fourth-order valence-electron chi connectivity index (χ4n) is 2.03. The van der Waals surface area contributed by atoms with E-state index in [1.54, 1.807) is 0 Å². The van der Waals surface area contributed by atoms with Gasteiger partial charge in [0.05, 0.1) is 5.75 Å². The smallest absolute Gasteiger partial charge is 0.234 e. The molecule has 1 aromatic carbocycles. The molecule has 0 fully saturated rings.